The first-order chi connectivity index (χ1) is 14.7. The van der Waals surface area contributed by atoms with Gasteiger partial charge in [-0.05, 0) is 113 Å². The standard InChI is InChI=1S/C27H40N2O2/c1-6-29-17(3)22(16(2)28-29)13-18-14-24-21-8-7-19-15-20(30)9-11-26(19,4)23(21)10-12-27(24,5)25(18)31/h13,19-21,23-24,30H,6-12,14-15H2,1-5H3/b18-13+/t19-,20-,21+,23-,24-,26-,27-/m0/s1. The van der Waals surface area contributed by atoms with E-state index in [4.69, 9.17) is 0 Å². The average molecular weight is 425 g/mol. The monoisotopic (exact) mass is 424 g/mol. The van der Waals surface area contributed by atoms with E-state index in [1.165, 1.54) is 25.0 Å². The molecular weight excluding hydrogens is 384 g/mol. The fraction of sp³-hybridized carbons (Fsp3) is 0.778. The van der Waals surface area contributed by atoms with Gasteiger partial charge in [-0.2, -0.15) is 5.10 Å². The molecule has 0 bridgehead atoms. The Hall–Kier alpha value is -1.42. The van der Waals surface area contributed by atoms with E-state index in [9.17, 15) is 9.90 Å². The van der Waals surface area contributed by atoms with E-state index in [2.05, 4.69) is 45.8 Å². The van der Waals surface area contributed by atoms with Gasteiger partial charge in [0, 0.05) is 23.2 Å². The van der Waals surface area contributed by atoms with Gasteiger partial charge in [-0.1, -0.05) is 13.8 Å². The molecule has 4 fully saturated rings. The summed E-state index contributed by atoms with van der Waals surface area (Å²) in [6.45, 7) is 12.0. The van der Waals surface area contributed by atoms with Gasteiger partial charge in [0.2, 0.25) is 0 Å². The van der Waals surface area contributed by atoms with Gasteiger partial charge in [0.1, 0.15) is 0 Å². The van der Waals surface area contributed by atoms with Crippen LogP contribution in [-0.4, -0.2) is 26.8 Å². The normalized spacial score (nSPS) is 43.6. The first kappa shape index (κ1) is 21.4. The van der Waals surface area contributed by atoms with Crippen LogP contribution >= 0.6 is 0 Å². The van der Waals surface area contributed by atoms with Crippen LogP contribution in [0.4, 0.5) is 0 Å². The van der Waals surface area contributed by atoms with Crippen LogP contribution in [0.1, 0.15) is 89.1 Å². The number of hydrogen-bond acceptors (Lipinski definition) is 3. The zero-order valence-corrected chi connectivity index (χ0v) is 20.1. The number of aromatic nitrogens is 2. The summed E-state index contributed by atoms with van der Waals surface area (Å²) in [6, 6.07) is 0. The van der Waals surface area contributed by atoms with Crippen molar-refractivity contribution in [2.75, 3.05) is 0 Å². The minimum Gasteiger partial charge on any atom is -0.393 e. The topological polar surface area (TPSA) is 55.1 Å². The maximum atomic E-state index is 13.7. The largest absolute Gasteiger partial charge is 0.393 e. The lowest BCUT2D eigenvalue weighted by Gasteiger charge is -2.59. The minimum atomic E-state index is -0.188. The van der Waals surface area contributed by atoms with Crippen LogP contribution in [-0.2, 0) is 11.3 Å². The first-order valence-electron chi connectivity index (χ1n) is 12.7. The van der Waals surface area contributed by atoms with Gasteiger partial charge in [-0.25, -0.2) is 0 Å². The van der Waals surface area contributed by atoms with Gasteiger partial charge < -0.3 is 5.11 Å². The summed E-state index contributed by atoms with van der Waals surface area (Å²) in [5.41, 5.74) is 4.57. The minimum absolute atomic E-state index is 0.0957. The lowest BCUT2D eigenvalue weighted by molar-refractivity contribution is -0.141. The van der Waals surface area contributed by atoms with Gasteiger partial charge in [-0.15, -0.1) is 0 Å². The van der Waals surface area contributed by atoms with E-state index in [0.717, 1.165) is 61.4 Å². The predicted octanol–water partition coefficient (Wildman–Crippen LogP) is 5.49. The fourth-order valence-corrected chi connectivity index (χ4v) is 8.44. The number of fused-ring (bicyclic) bond motifs is 5. The second-order valence-electron chi connectivity index (χ2n) is 11.6. The molecule has 0 amide bonds. The molecule has 0 aromatic carbocycles. The molecule has 31 heavy (non-hydrogen) atoms. The molecule has 5 rings (SSSR count). The summed E-state index contributed by atoms with van der Waals surface area (Å²) in [6.07, 6.45) is 10.8. The second kappa shape index (κ2) is 7.30. The number of aliphatic hydroxyl groups is 1. The van der Waals surface area contributed by atoms with Crippen molar-refractivity contribution in [3.8, 4) is 0 Å². The van der Waals surface area contributed by atoms with Gasteiger partial charge in [-0.3, -0.25) is 9.48 Å². The molecule has 4 heteroatoms. The zero-order chi connectivity index (χ0) is 22.1. The fourth-order valence-electron chi connectivity index (χ4n) is 8.44. The molecule has 4 nitrogen and oxygen atoms in total. The average Bonchev–Trinajstić information content (AvgIpc) is 3.16. The van der Waals surface area contributed by atoms with Gasteiger partial charge in [0.05, 0.1) is 11.8 Å². The molecular formula is C27H40N2O2. The van der Waals surface area contributed by atoms with Crippen molar-refractivity contribution in [1.29, 1.82) is 0 Å². The first-order valence-corrected chi connectivity index (χ1v) is 12.7. The highest BCUT2D eigenvalue weighted by Gasteiger charge is 2.61. The third-order valence-corrected chi connectivity index (χ3v) is 10.3. The van der Waals surface area contributed by atoms with Crippen LogP contribution in [0.5, 0.6) is 0 Å². The van der Waals surface area contributed by atoms with Crippen LogP contribution in [0.15, 0.2) is 5.57 Å². The van der Waals surface area contributed by atoms with Crippen LogP contribution in [0.3, 0.4) is 0 Å². The van der Waals surface area contributed by atoms with Crippen molar-refractivity contribution in [2.24, 2.45) is 34.5 Å². The summed E-state index contributed by atoms with van der Waals surface area (Å²) < 4.78 is 2.05. The zero-order valence-electron chi connectivity index (χ0n) is 20.1. The van der Waals surface area contributed by atoms with Crippen molar-refractivity contribution in [1.82, 2.24) is 9.78 Å². The highest BCUT2D eigenvalue weighted by atomic mass is 16.3. The Bertz CT molecular complexity index is 930. The lowest BCUT2D eigenvalue weighted by atomic mass is 9.45. The number of allylic oxidation sites excluding steroid dienone is 1. The summed E-state index contributed by atoms with van der Waals surface area (Å²) in [5.74, 6) is 2.93. The molecule has 7 atom stereocenters. The number of aliphatic hydroxyl groups excluding tert-OH is 1. The number of hydrogen-bond donors (Lipinski definition) is 1. The number of ketones is 1. The van der Waals surface area contributed by atoms with Crippen LogP contribution in [0.2, 0.25) is 0 Å². The summed E-state index contributed by atoms with van der Waals surface area (Å²) in [4.78, 5) is 13.7. The van der Waals surface area contributed by atoms with E-state index in [1.807, 2.05) is 4.68 Å². The Morgan fingerprint density at radius 3 is 2.61 bits per heavy atom. The van der Waals surface area contributed by atoms with Crippen molar-refractivity contribution in [3.63, 3.8) is 0 Å². The number of carbonyl (C=O) groups excluding carboxylic acids is 1. The maximum Gasteiger partial charge on any atom is 0.165 e. The van der Waals surface area contributed by atoms with E-state index < -0.39 is 0 Å². The van der Waals surface area contributed by atoms with Crippen LogP contribution < -0.4 is 0 Å². The Morgan fingerprint density at radius 1 is 1.13 bits per heavy atom. The van der Waals surface area contributed by atoms with Crippen LogP contribution in [0.25, 0.3) is 6.08 Å². The molecule has 170 valence electrons. The Labute approximate surface area is 187 Å². The molecule has 0 radical (unpaired) electrons. The smallest absolute Gasteiger partial charge is 0.165 e. The number of carbonyl (C=O) groups is 1. The summed E-state index contributed by atoms with van der Waals surface area (Å²) >= 11 is 0. The number of Topliss-reactive ketones (excluding diaryl/α,β-unsaturated/α-hetero) is 1. The number of rotatable bonds is 2. The third kappa shape index (κ3) is 3.03. The molecule has 1 aromatic heterocycles. The Kier molecular flexibility index (Phi) is 5.04. The molecule has 0 unspecified atom stereocenters. The molecule has 1 heterocycles. The third-order valence-electron chi connectivity index (χ3n) is 10.3. The Balaban J connectivity index is 1.46. The highest BCUT2D eigenvalue weighted by Crippen LogP contribution is 2.66. The summed E-state index contributed by atoms with van der Waals surface area (Å²) in [5, 5.41) is 14.9. The van der Waals surface area contributed by atoms with Crippen molar-refractivity contribution in [3.05, 3.63) is 22.5 Å². The van der Waals surface area contributed by atoms with Gasteiger partial charge in [0.25, 0.3) is 0 Å². The molecule has 0 saturated heterocycles. The van der Waals surface area contributed by atoms with Gasteiger partial charge in [0.15, 0.2) is 5.78 Å². The molecule has 4 aliphatic rings. The van der Waals surface area contributed by atoms with E-state index in [-0.39, 0.29) is 11.5 Å². The maximum absolute atomic E-state index is 13.7. The molecule has 4 saturated carbocycles. The van der Waals surface area contributed by atoms with E-state index in [1.54, 1.807) is 0 Å². The number of aryl methyl sites for hydroxylation is 2. The van der Waals surface area contributed by atoms with Crippen molar-refractivity contribution >= 4 is 11.9 Å². The second-order valence-corrected chi connectivity index (χ2v) is 11.6. The molecule has 0 spiro atoms. The van der Waals surface area contributed by atoms with E-state index in [0.29, 0.717) is 29.0 Å². The molecule has 1 N–H and O–H groups in total. The Morgan fingerprint density at radius 2 is 1.90 bits per heavy atom. The van der Waals surface area contributed by atoms with Crippen molar-refractivity contribution < 1.29 is 9.90 Å². The summed E-state index contributed by atoms with van der Waals surface area (Å²) in [7, 11) is 0. The van der Waals surface area contributed by atoms with Crippen molar-refractivity contribution in [2.45, 2.75) is 98.6 Å². The molecule has 1 aromatic rings. The molecule has 4 aliphatic carbocycles. The molecule has 0 aliphatic heterocycles. The lowest BCUT2D eigenvalue weighted by Crippen LogP contribution is -2.54. The predicted molar refractivity (Wildman–Crippen MR) is 123 cm³/mol. The SMILES string of the molecule is CCn1nc(C)c(/C=C2\C[C@H]3[C@@H]4CC[C@H]5C[C@@H](O)CC[C@]5(C)[C@H]4CC[C@]3(C)C2=O)c1C. The van der Waals surface area contributed by atoms with Gasteiger partial charge >= 0.3 is 0 Å². The quantitative estimate of drug-likeness (QED) is 0.639. The van der Waals surface area contributed by atoms with Crippen LogP contribution in [0, 0.1) is 48.3 Å². The number of nitrogens with zero attached hydrogens (tertiary/aromatic N) is 2. The van der Waals surface area contributed by atoms with E-state index >= 15 is 0 Å². The highest BCUT2D eigenvalue weighted by molar-refractivity contribution is 6.06.